The first-order valence-electron chi connectivity index (χ1n) is 7.78. The van der Waals surface area contributed by atoms with Crippen molar-refractivity contribution in [2.24, 2.45) is 0 Å². The highest BCUT2D eigenvalue weighted by molar-refractivity contribution is 6.07. The minimum absolute atomic E-state index is 0.278. The first-order chi connectivity index (χ1) is 12.2. The van der Waals surface area contributed by atoms with Crippen LogP contribution < -0.4 is 5.56 Å². The van der Waals surface area contributed by atoms with Gasteiger partial charge in [0.25, 0.3) is 5.56 Å². The number of fused-ring (bicyclic) bond motifs is 3. The maximum absolute atomic E-state index is 13.0. The van der Waals surface area contributed by atoms with E-state index in [1.165, 1.54) is 11.6 Å². The SMILES string of the molecule is COC(=O)c1cc(-c2ccccc2)c(=O)n2ncc3ccccc3c12. The number of pyridine rings is 1. The van der Waals surface area contributed by atoms with Crippen LogP contribution in [-0.2, 0) is 4.74 Å². The zero-order valence-corrected chi connectivity index (χ0v) is 13.5. The average Bonchev–Trinajstić information content (AvgIpc) is 2.68. The van der Waals surface area contributed by atoms with Gasteiger partial charge in [-0.2, -0.15) is 9.61 Å². The van der Waals surface area contributed by atoms with Gasteiger partial charge < -0.3 is 4.74 Å². The van der Waals surface area contributed by atoms with Crippen LogP contribution >= 0.6 is 0 Å². The van der Waals surface area contributed by atoms with Crippen LogP contribution in [0.15, 0.2) is 71.7 Å². The number of methoxy groups -OCH3 is 1. The number of hydrogen-bond donors (Lipinski definition) is 0. The van der Waals surface area contributed by atoms with E-state index < -0.39 is 5.97 Å². The molecule has 0 atom stereocenters. The van der Waals surface area contributed by atoms with Crippen LogP contribution in [0.4, 0.5) is 0 Å². The van der Waals surface area contributed by atoms with Gasteiger partial charge in [0.2, 0.25) is 0 Å². The molecule has 2 heterocycles. The molecule has 4 rings (SSSR count). The number of esters is 1. The highest BCUT2D eigenvalue weighted by Gasteiger charge is 2.19. The number of aromatic nitrogens is 2. The molecule has 2 aromatic heterocycles. The van der Waals surface area contributed by atoms with Gasteiger partial charge in [-0.3, -0.25) is 4.79 Å². The summed E-state index contributed by atoms with van der Waals surface area (Å²) in [5, 5.41) is 5.89. The van der Waals surface area contributed by atoms with E-state index >= 15 is 0 Å². The van der Waals surface area contributed by atoms with Gasteiger partial charge in [0.1, 0.15) is 0 Å². The van der Waals surface area contributed by atoms with Crippen LogP contribution in [0.2, 0.25) is 0 Å². The van der Waals surface area contributed by atoms with Crippen molar-refractivity contribution >= 4 is 22.3 Å². The lowest BCUT2D eigenvalue weighted by Gasteiger charge is -2.11. The van der Waals surface area contributed by atoms with E-state index in [-0.39, 0.29) is 5.56 Å². The quantitative estimate of drug-likeness (QED) is 0.418. The summed E-state index contributed by atoms with van der Waals surface area (Å²) in [5.41, 5.74) is 1.61. The number of carbonyl (C=O) groups is 1. The maximum atomic E-state index is 13.0. The van der Waals surface area contributed by atoms with E-state index in [4.69, 9.17) is 4.74 Å². The van der Waals surface area contributed by atoms with Crippen molar-refractivity contribution in [3.05, 3.63) is 82.8 Å². The minimum Gasteiger partial charge on any atom is -0.465 e. The summed E-state index contributed by atoms with van der Waals surface area (Å²) < 4.78 is 6.22. The third kappa shape index (κ3) is 2.37. The Bertz CT molecular complexity index is 1160. The molecule has 2 aromatic carbocycles. The molecule has 0 fully saturated rings. The van der Waals surface area contributed by atoms with E-state index in [1.807, 2.05) is 54.6 Å². The van der Waals surface area contributed by atoms with Gasteiger partial charge in [0, 0.05) is 16.3 Å². The molecular formula is C20H14N2O3. The van der Waals surface area contributed by atoms with Gasteiger partial charge in [-0.25, -0.2) is 4.79 Å². The summed E-state index contributed by atoms with van der Waals surface area (Å²) in [6.07, 6.45) is 1.62. The summed E-state index contributed by atoms with van der Waals surface area (Å²) in [5.74, 6) is -0.507. The number of ether oxygens (including phenoxy) is 1. The molecule has 0 aliphatic carbocycles. The first kappa shape index (κ1) is 15.1. The van der Waals surface area contributed by atoms with Crippen LogP contribution in [0.1, 0.15) is 10.4 Å². The highest BCUT2D eigenvalue weighted by atomic mass is 16.5. The fraction of sp³-hybridized carbons (Fsp3) is 0.0500. The lowest BCUT2D eigenvalue weighted by molar-refractivity contribution is 0.0602. The molecule has 0 unspecified atom stereocenters. The molecule has 0 spiro atoms. The fourth-order valence-electron chi connectivity index (χ4n) is 3.01. The molecular weight excluding hydrogens is 316 g/mol. The molecule has 0 aliphatic heterocycles. The lowest BCUT2D eigenvalue weighted by Crippen LogP contribution is -2.21. The summed E-state index contributed by atoms with van der Waals surface area (Å²) in [6.45, 7) is 0. The molecule has 0 radical (unpaired) electrons. The van der Waals surface area contributed by atoms with Gasteiger partial charge in [-0.15, -0.1) is 0 Å². The van der Waals surface area contributed by atoms with Crippen LogP contribution in [0, 0.1) is 0 Å². The second kappa shape index (κ2) is 5.87. The van der Waals surface area contributed by atoms with Crippen LogP contribution in [-0.4, -0.2) is 22.7 Å². The Balaban J connectivity index is 2.19. The predicted molar refractivity (Wildman–Crippen MR) is 95.7 cm³/mol. The van der Waals surface area contributed by atoms with Crippen molar-refractivity contribution in [2.45, 2.75) is 0 Å². The van der Waals surface area contributed by atoms with E-state index in [2.05, 4.69) is 5.10 Å². The van der Waals surface area contributed by atoms with Gasteiger partial charge in [-0.1, -0.05) is 54.6 Å². The molecule has 5 heteroatoms. The molecule has 0 saturated heterocycles. The Morgan fingerprint density at radius 3 is 2.52 bits per heavy atom. The normalized spacial score (nSPS) is 10.9. The Labute approximate surface area is 143 Å². The highest BCUT2D eigenvalue weighted by Crippen LogP contribution is 2.25. The number of benzene rings is 2. The van der Waals surface area contributed by atoms with Gasteiger partial charge >= 0.3 is 5.97 Å². The molecule has 0 bridgehead atoms. The molecule has 5 nitrogen and oxygen atoms in total. The maximum Gasteiger partial charge on any atom is 0.340 e. The smallest absolute Gasteiger partial charge is 0.340 e. The van der Waals surface area contributed by atoms with Gasteiger partial charge in [-0.05, 0) is 11.6 Å². The first-order valence-corrected chi connectivity index (χ1v) is 7.78. The third-order valence-corrected chi connectivity index (χ3v) is 4.20. The Morgan fingerprint density at radius 2 is 1.76 bits per heavy atom. The standard InChI is InChI=1S/C20H14N2O3/c1-25-20(24)17-11-16(13-7-3-2-4-8-13)19(23)22-18(17)15-10-6-5-9-14(15)12-21-22/h2-12H,1H3. The topological polar surface area (TPSA) is 60.7 Å². The number of nitrogens with zero attached hydrogens (tertiary/aromatic N) is 2. The number of carbonyl (C=O) groups excluding carboxylic acids is 1. The second-order valence-corrected chi connectivity index (χ2v) is 5.63. The molecule has 25 heavy (non-hydrogen) atoms. The van der Waals surface area contributed by atoms with Crippen molar-refractivity contribution in [2.75, 3.05) is 7.11 Å². The molecule has 122 valence electrons. The largest absolute Gasteiger partial charge is 0.465 e. The summed E-state index contributed by atoms with van der Waals surface area (Å²) in [7, 11) is 1.32. The van der Waals surface area contributed by atoms with E-state index in [0.717, 1.165) is 16.3 Å². The zero-order valence-electron chi connectivity index (χ0n) is 13.5. The van der Waals surface area contributed by atoms with Crippen molar-refractivity contribution in [1.82, 2.24) is 9.61 Å². The Morgan fingerprint density at radius 1 is 1.04 bits per heavy atom. The summed E-state index contributed by atoms with van der Waals surface area (Å²) in [6, 6.07) is 18.3. The second-order valence-electron chi connectivity index (χ2n) is 5.63. The molecule has 4 aromatic rings. The van der Waals surface area contributed by atoms with Crippen LogP contribution in [0.25, 0.3) is 27.4 Å². The molecule has 0 amide bonds. The molecule has 0 N–H and O–H groups in total. The van der Waals surface area contributed by atoms with Crippen molar-refractivity contribution in [3.63, 3.8) is 0 Å². The Hall–Kier alpha value is -3.47. The number of hydrogen-bond acceptors (Lipinski definition) is 4. The minimum atomic E-state index is -0.507. The predicted octanol–water partition coefficient (Wildman–Crippen LogP) is 3.30. The van der Waals surface area contributed by atoms with E-state index in [1.54, 1.807) is 12.3 Å². The van der Waals surface area contributed by atoms with Crippen molar-refractivity contribution < 1.29 is 9.53 Å². The van der Waals surface area contributed by atoms with Crippen LogP contribution in [0.3, 0.4) is 0 Å². The van der Waals surface area contributed by atoms with E-state index in [9.17, 15) is 9.59 Å². The third-order valence-electron chi connectivity index (χ3n) is 4.20. The van der Waals surface area contributed by atoms with E-state index in [0.29, 0.717) is 16.6 Å². The van der Waals surface area contributed by atoms with Gasteiger partial charge in [0.15, 0.2) is 0 Å². The average molecular weight is 330 g/mol. The fourth-order valence-corrected chi connectivity index (χ4v) is 3.01. The van der Waals surface area contributed by atoms with Crippen molar-refractivity contribution in [1.29, 1.82) is 0 Å². The van der Waals surface area contributed by atoms with Gasteiger partial charge in [0.05, 0.1) is 24.4 Å². The summed E-state index contributed by atoms with van der Waals surface area (Å²) in [4.78, 5) is 25.4. The lowest BCUT2D eigenvalue weighted by atomic mass is 10.0. The Kier molecular flexibility index (Phi) is 3.54. The monoisotopic (exact) mass is 330 g/mol. The summed E-state index contributed by atoms with van der Waals surface area (Å²) >= 11 is 0. The molecule has 0 aliphatic rings. The van der Waals surface area contributed by atoms with Crippen molar-refractivity contribution in [3.8, 4) is 11.1 Å². The zero-order chi connectivity index (χ0) is 17.4. The number of rotatable bonds is 2. The van der Waals surface area contributed by atoms with Crippen LogP contribution in [0.5, 0.6) is 0 Å². The molecule has 0 saturated carbocycles.